The molecule has 76 valence electrons. The Kier molecular flexibility index (Phi) is 2.69. The highest BCUT2D eigenvalue weighted by molar-refractivity contribution is 5.70. The summed E-state index contributed by atoms with van der Waals surface area (Å²) in [4.78, 5) is 0. The zero-order chi connectivity index (χ0) is 10.9. The van der Waals surface area contributed by atoms with Crippen molar-refractivity contribution in [2.45, 2.75) is 20.0 Å². The molecule has 1 aromatic rings. The summed E-state index contributed by atoms with van der Waals surface area (Å²) in [5.41, 5.74) is 0.796. The van der Waals surface area contributed by atoms with E-state index in [9.17, 15) is 13.2 Å². The molecule has 0 spiro atoms. The van der Waals surface area contributed by atoms with Crippen LogP contribution >= 0.6 is 0 Å². The Bertz CT molecular complexity index is 361. The van der Waals surface area contributed by atoms with E-state index in [2.05, 4.69) is 6.58 Å². The van der Waals surface area contributed by atoms with E-state index in [0.717, 1.165) is 5.56 Å². The maximum absolute atomic E-state index is 12.3. The Morgan fingerprint density at radius 1 is 1.21 bits per heavy atom. The van der Waals surface area contributed by atoms with Crippen LogP contribution in [0.4, 0.5) is 13.2 Å². The highest BCUT2D eigenvalue weighted by atomic mass is 19.4. The highest BCUT2D eigenvalue weighted by Gasteiger charge is 2.33. The van der Waals surface area contributed by atoms with Crippen molar-refractivity contribution in [2.75, 3.05) is 0 Å². The maximum atomic E-state index is 12.3. The summed E-state index contributed by atoms with van der Waals surface area (Å²) in [5.74, 6) is 0. The van der Waals surface area contributed by atoms with Gasteiger partial charge in [-0.1, -0.05) is 30.3 Å². The van der Waals surface area contributed by atoms with Crippen LogP contribution in [0.25, 0.3) is 5.57 Å². The summed E-state index contributed by atoms with van der Waals surface area (Å²) in [6.45, 7) is 6.47. The molecule has 14 heavy (non-hydrogen) atoms. The fourth-order valence-corrected chi connectivity index (χ4v) is 1.21. The Labute approximate surface area is 81.1 Å². The summed E-state index contributed by atoms with van der Waals surface area (Å²) >= 11 is 0. The van der Waals surface area contributed by atoms with Crippen LogP contribution in [0, 0.1) is 13.8 Å². The lowest BCUT2D eigenvalue weighted by atomic mass is 9.99. The Morgan fingerprint density at radius 3 is 2.29 bits per heavy atom. The molecule has 1 rings (SSSR count). The zero-order valence-corrected chi connectivity index (χ0v) is 8.07. The van der Waals surface area contributed by atoms with Gasteiger partial charge in [0.15, 0.2) is 0 Å². The lowest BCUT2D eigenvalue weighted by Gasteiger charge is -2.13. The Balaban J connectivity index is 3.19. The molecule has 1 aromatic carbocycles. The first-order chi connectivity index (χ1) is 6.32. The van der Waals surface area contributed by atoms with Gasteiger partial charge in [0.2, 0.25) is 0 Å². The van der Waals surface area contributed by atoms with E-state index in [1.165, 1.54) is 6.07 Å². The number of alkyl halides is 3. The van der Waals surface area contributed by atoms with Gasteiger partial charge in [0.1, 0.15) is 0 Å². The number of hydrogen-bond donors (Lipinski definition) is 0. The van der Waals surface area contributed by atoms with E-state index in [-0.39, 0.29) is 5.56 Å². The molecule has 0 amide bonds. The van der Waals surface area contributed by atoms with Gasteiger partial charge in [-0.3, -0.25) is 0 Å². The largest absolute Gasteiger partial charge is 0.416 e. The number of rotatable bonds is 1. The summed E-state index contributed by atoms with van der Waals surface area (Å²) < 4.78 is 37.0. The minimum atomic E-state index is -4.35. The van der Waals surface area contributed by atoms with Gasteiger partial charge in [-0.15, -0.1) is 0 Å². The van der Waals surface area contributed by atoms with Crippen LogP contribution in [0.1, 0.15) is 16.7 Å². The molecule has 0 unspecified atom stereocenters. The van der Waals surface area contributed by atoms with Gasteiger partial charge in [-0.2, -0.15) is 13.2 Å². The average Bonchev–Trinajstić information content (AvgIpc) is 2.06. The lowest BCUT2D eigenvalue weighted by molar-refractivity contribution is -0.0687. The van der Waals surface area contributed by atoms with Crippen molar-refractivity contribution in [1.29, 1.82) is 0 Å². The van der Waals surface area contributed by atoms with Gasteiger partial charge in [0.05, 0.1) is 5.57 Å². The number of hydrogen-bond acceptors (Lipinski definition) is 0. The number of allylic oxidation sites excluding steroid dienone is 1. The number of aryl methyl sites for hydroxylation is 2. The number of halogens is 3. The van der Waals surface area contributed by atoms with Gasteiger partial charge in [0, 0.05) is 0 Å². The van der Waals surface area contributed by atoms with Crippen LogP contribution < -0.4 is 0 Å². The molecule has 0 aliphatic rings. The van der Waals surface area contributed by atoms with Crippen LogP contribution in [0.3, 0.4) is 0 Å². The molecule has 0 N–H and O–H groups in total. The third-order valence-corrected chi connectivity index (χ3v) is 2.06. The normalized spacial score (nSPS) is 11.5. The molecule has 0 aliphatic heterocycles. The van der Waals surface area contributed by atoms with E-state index >= 15 is 0 Å². The summed E-state index contributed by atoms with van der Waals surface area (Å²) in [5, 5.41) is 0. The van der Waals surface area contributed by atoms with Crippen LogP contribution in [0.5, 0.6) is 0 Å². The fourth-order valence-electron chi connectivity index (χ4n) is 1.21. The molecule has 0 nitrogen and oxygen atoms in total. The molecule has 0 radical (unpaired) electrons. The van der Waals surface area contributed by atoms with Crippen molar-refractivity contribution < 1.29 is 13.2 Å². The minimum Gasteiger partial charge on any atom is -0.166 e. The van der Waals surface area contributed by atoms with E-state index in [4.69, 9.17) is 0 Å². The van der Waals surface area contributed by atoms with E-state index in [1.54, 1.807) is 26.0 Å². The molecule has 0 aromatic heterocycles. The van der Waals surface area contributed by atoms with Crippen LogP contribution in [-0.4, -0.2) is 6.18 Å². The highest BCUT2D eigenvalue weighted by Crippen LogP contribution is 2.33. The van der Waals surface area contributed by atoms with Crippen LogP contribution in [-0.2, 0) is 0 Å². The third kappa shape index (κ3) is 2.16. The second-order valence-corrected chi connectivity index (χ2v) is 3.29. The predicted octanol–water partition coefficient (Wildman–Crippen LogP) is 3.88. The van der Waals surface area contributed by atoms with Crippen LogP contribution in [0.15, 0.2) is 24.8 Å². The summed E-state index contributed by atoms with van der Waals surface area (Å²) in [6, 6.07) is 4.95. The standard InChI is InChI=1S/C11H11F3/c1-7-4-5-8(2)10(6-7)9(3)11(12,13)14/h4-6H,3H2,1-2H3. The molecule has 0 bridgehead atoms. The van der Waals surface area contributed by atoms with Crippen LogP contribution in [0.2, 0.25) is 0 Å². The monoisotopic (exact) mass is 200 g/mol. The van der Waals surface area contributed by atoms with Crippen molar-refractivity contribution in [1.82, 2.24) is 0 Å². The van der Waals surface area contributed by atoms with Crippen molar-refractivity contribution in [3.8, 4) is 0 Å². The van der Waals surface area contributed by atoms with E-state index in [0.29, 0.717) is 5.56 Å². The number of benzene rings is 1. The molecular weight excluding hydrogens is 189 g/mol. The molecule has 0 fully saturated rings. The van der Waals surface area contributed by atoms with Gasteiger partial charge in [-0.25, -0.2) is 0 Å². The Morgan fingerprint density at radius 2 is 1.79 bits per heavy atom. The van der Waals surface area contributed by atoms with Crippen molar-refractivity contribution in [3.63, 3.8) is 0 Å². The zero-order valence-electron chi connectivity index (χ0n) is 8.07. The van der Waals surface area contributed by atoms with E-state index in [1.807, 2.05) is 0 Å². The van der Waals surface area contributed by atoms with Crippen molar-refractivity contribution in [3.05, 3.63) is 41.5 Å². The lowest BCUT2D eigenvalue weighted by Crippen LogP contribution is -2.10. The smallest absolute Gasteiger partial charge is 0.166 e. The summed E-state index contributed by atoms with van der Waals surface area (Å²) in [6.07, 6.45) is -4.35. The fraction of sp³-hybridized carbons (Fsp3) is 0.273. The van der Waals surface area contributed by atoms with Crippen molar-refractivity contribution >= 4 is 5.57 Å². The summed E-state index contributed by atoms with van der Waals surface area (Å²) in [7, 11) is 0. The van der Waals surface area contributed by atoms with Gasteiger partial charge in [0.25, 0.3) is 0 Å². The molecule has 0 atom stereocenters. The SMILES string of the molecule is C=C(c1cc(C)ccc1C)C(F)(F)F. The van der Waals surface area contributed by atoms with E-state index < -0.39 is 11.7 Å². The first-order valence-corrected chi connectivity index (χ1v) is 4.16. The average molecular weight is 200 g/mol. The molecule has 3 heteroatoms. The van der Waals surface area contributed by atoms with Crippen molar-refractivity contribution in [2.24, 2.45) is 0 Å². The molecule has 0 aliphatic carbocycles. The first kappa shape index (κ1) is 10.8. The topological polar surface area (TPSA) is 0 Å². The second kappa shape index (κ2) is 3.48. The van der Waals surface area contributed by atoms with Gasteiger partial charge < -0.3 is 0 Å². The third-order valence-electron chi connectivity index (χ3n) is 2.06. The molecule has 0 saturated carbocycles. The minimum absolute atomic E-state index is 0.178. The van der Waals surface area contributed by atoms with Gasteiger partial charge >= 0.3 is 6.18 Å². The predicted molar refractivity (Wildman–Crippen MR) is 51.0 cm³/mol. The first-order valence-electron chi connectivity index (χ1n) is 4.16. The molecule has 0 saturated heterocycles. The quantitative estimate of drug-likeness (QED) is 0.645. The molecular formula is C11H11F3. The van der Waals surface area contributed by atoms with Gasteiger partial charge in [-0.05, 0) is 25.0 Å². The molecule has 0 heterocycles. The second-order valence-electron chi connectivity index (χ2n) is 3.29. The Hall–Kier alpha value is -1.25. The maximum Gasteiger partial charge on any atom is 0.416 e.